The predicted molar refractivity (Wildman–Crippen MR) is 66.6 cm³/mol. The molecule has 2 unspecified atom stereocenters. The largest absolute Gasteiger partial charge is 0.381 e. The Kier molecular flexibility index (Phi) is 4.16. The summed E-state index contributed by atoms with van der Waals surface area (Å²) in [6.45, 7) is 3.15. The van der Waals surface area contributed by atoms with Crippen molar-refractivity contribution < 1.29 is 17.6 Å². The van der Waals surface area contributed by atoms with E-state index in [9.17, 15) is 17.6 Å². The smallest absolute Gasteiger partial charge is 0.237 e. The van der Waals surface area contributed by atoms with Crippen molar-refractivity contribution >= 4 is 15.9 Å². The van der Waals surface area contributed by atoms with E-state index in [1.807, 2.05) is 4.72 Å². The van der Waals surface area contributed by atoms with Gasteiger partial charge in [0.1, 0.15) is 5.83 Å². The molecule has 18 heavy (non-hydrogen) atoms. The van der Waals surface area contributed by atoms with Crippen molar-refractivity contribution in [1.29, 1.82) is 0 Å². The van der Waals surface area contributed by atoms with Crippen LogP contribution < -0.4 is 4.72 Å². The molecule has 0 spiro atoms. The molecule has 1 rings (SSSR count). The highest BCUT2D eigenvalue weighted by Gasteiger charge is 2.46. The number of halogens is 1. The monoisotopic (exact) mass is 276 g/mol. The van der Waals surface area contributed by atoms with E-state index in [0.717, 1.165) is 6.26 Å². The molecule has 5 nitrogen and oxygen atoms in total. The number of nitrogens with zero attached hydrogens (tertiary/aromatic N) is 1. The van der Waals surface area contributed by atoms with Gasteiger partial charge in [-0.3, -0.25) is 9.52 Å². The fourth-order valence-electron chi connectivity index (χ4n) is 1.80. The molecular formula is C11H17FN2O3S. The van der Waals surface area contributed by atoms with Gasteiger partial charge in [0.05, 0.1) is 6.26 Å². The molecule has 0 saturated heterocycles. The average Bonchev–Trinajstić information content (AvgIpc) is 2.89. The summed E-state index contributed by atoms with van der Waals surface area (Å²) < 4.78 is 36.6. The minimum atomic E-state index is -3.55. The molecule has 7 heteroatoms. The molecule has 0 bridgehead atoms. The Hall–Kier alpha value is -1.37. The van der Waals surface area contributed by atoms with E-state index < -0.39 is 27.7 Å². The lowest BCUT2D eigenvalue weighted by Gasteiger charge is -2.17. The Labute approximate surface area is 106 Å². The Bertz CT molecular complexity index is 496. The van der Waals surface area contributed by atoms with Crippen molar-refractivity contribution in [2.75, 3.05) is 20.4 Å². The van der Waals surface area contributed by atoms with Gasteiger partial charge < -0.3 is 4.90 Å². The van der Waals surface area contributed by atoms with Gasteiger partial charge in [-0.15, -0.1) is 0 Å². The van der Waals surface area contributed by atoms with E-state index in [2.05, 4.69) is 6.58 Å². The second-order valence-corrected chi connectivity index (χ2v) is 6.35. The number of rotatable bonds is 5. The van der Waals surface area contributed by atoms with Crippen LogP contribution in [0.5, 0.6) is 0 Å². The molecule has 0 aliphatic heterocycles. The first-order valence-electron chi connectivity index (χ1n) is 5.36. The lowest BCUT2D eigenvalue weighted by atomic mass is 10.2. The first-order valence-corrected chi connectivity index (χ1v) is 7.26. The van der Waals surface area contributed by atoms with E-state index >= 15 is 0 Å². The molecule has 102 valence electrons. The number of hydrogen-bond acceptors (Lipinski definition) is 4. The number of hydrogen-bond donors (Lipinski definition) is 1. The van der Waals surface area contributed by atoms with Crippen molar-refractivity contribution in [3.63, 3.8) is 0 Å². The summed E-state index contributed by atoms with van der Waals surface area (Å²) in [5.74, 6) is -1.71. The van der Waals surface area contributed by atoms with Crippen molar-refractivity contribution in [2.45, 2.75) is 6.42 Å². The number of carbonyl (C=O) groups excluding carboxylic acids is 1. The molecular weight excluding hydrogens is 259 g/mol. The highest BCUT2D eigenvalue weighted by atomic mass is 32.2. The SMILES string of the molecule is C=C(F)/C=C(/C1CC1C(=O)NS(C)(=O)=O)N(C)C. The standard InChI is InChI=1S/C11H17FN2O3S/c1-7(12)5-10(14(2)3)8-6-9(8)11(15)13-18(4,16)17/h5,8-9H,1,6H2,2-4H3,(H,13,15)/b10-5-. The number of carbonyl (C=O) groups is 1. The van der Waals surface area contributed by atoms with E-state index in [-0.39, 0.29) is 5.92 Å². The van der Waals surface area contributed by atoms with Gasteiger partial charge in [0.25, 0.3) is 0 Å². The molecule has 1 aliphatic carbocycles. The Morgan fingerprint density at radius 3 is 2.39 bits per heavy atom. The van der Waals surface area contributed by atoms with Gasteiger partial charge in [-0.1, -0.05) is 6.58 Å². The number of sulfonamides is 1. The Morgan fingerprint density at radius 2 is 2.00 bits per heavy atom. The molecule has 1 amide bonds. The molecule has 1 aliphatic rings. The lowest BCUT2D eigenvalue weighted by Crippen LogP contribution is -2.31. The van der Waals surface area contributed by atoms with Crippen molar-refractivity contribution in [3.05, 3.63) is 24.2 Å². The maximum atomic E-state index is 12.8. The third-order valence-corrected chi connectivity index (χ3v) is 3.19. The van der Waals surface area contributed by atoms with E-state index in [4.69, 9.17) is 0 Å². The maximum absolute atomic E-state index is 12.8. The van der Waals surface area contributed by atoms with Crippen LogP contribution in [0, 0.1) is 11.8 Å². The van der Waals surface area contributed by atoms with Crippen LogP contribution in [-0.2, 0) is 14.8 Å². The second-order valence-electron chi connectivity index (χ2n) is 4.60. The predicted octanol–water partition coefficient (Wildman–Crippen LogP) is 0.627. The molecule has 0 aromatic rings. The highest BCUT2D eigenvalue weighted by molar-refractivity contribution is 7.89. The van der Waals surface area contributed by atoms with E-state index in [1.54, 1.807) is 19.0 Å². The molecule has 0 heterocycles. The highest BCUT2D eigenvalue weighted by Crippen LogP contribution is 2.45. The van der Waals surface area contributed by atoms with Crippen molar-refractivity contribution in [3.8, 4) is 0 Å². The molecule has 0 aromatic carbocycles. The van der Waals surface area contributed by atoms with E-state index in [0.29, 0.717) is 12.1 Å². The fraction of sp³-hybridized carbons (Fsp3) is 0.545. The Balaban J connectivity index is 2.73. The second kappa shape index (κ2) is 5.09. The summed E-state index contributed by atoms with van der Waals surface area (Å²) in [5.41, 5.74) is 0.635. The molecule has 2 atom stereocenters. The summed E-state index contributed by atoms with van der Waals surface area (Å²) in [5, 5.41) is 0. The maximum Gasteiger partial charge on any atom is 0.237 e. The first kappa shape index (κ1) is 14.7. The van der Waals surface area contributed by atoms with Crippen LogP contribution in [0.2, 0.25) is 0 Å². The van der Waals surface area contributed by atoms with Gasteiger partial charge >= 0.3 is 0 Å². The lowest BCUT2D eigenvalue weighted by molar-refractivity contribution is -0.120. The Morgan fingerprint density at radius 1 is 1.44 bits per heavy atom. The van der Waals surface area contributed by atoms with Crippen LogP contribution in [-0.4, -0.2) is 39.6 Å². The zero-order chi connectivity index (χ0) is 14.1. The van der Waals surface area contributed by atoms with Crippen LogP contribution >= 0.6 is 0 Å². The average molecular weight is 276 g/mol. The van der Waals surface area contributed by atoms with Gasteiger partial charge in [-0.2, -0.15) is 0 Å². The third-order valence-electron chi connectivity index (χ3n) is 2.61. The van der Waals surface area contributed by atoms with Crippen molar-refractivity contribution in [1.82, 2.24) is 9.62 Å². The minimum Gasteiger partial charge on any atom is -0.381 e. The van der Waals surface area contributed by atoms with Crippen LogP contribution in [0.15, 0.2) is 24.2 Å². The van der Waals surface area contributed by atoms with Gasteiger partial charge in [-0.05, 0) is 12.5 Å². The molecule has 1 N–H and O–H groups in total. The van der Waals surface area contributed by atoms with Gasteiger partial charge in [-0.25, -0.2) is 12.8 Å². The third kappa shape index (κ3) is 4.14. The number of nitrogens with one attached hydrogen (secondary N) is 1. The molecule has 0 aromatic heterocycles. The van der Waals surface area contributed by atoms with E-state index in [1.165, 1.54) is 6.08 Å². The summed E-state index contributed by atoms with van der Waals surface area (Å²) in [7, 11) is -0.0756. The van der Waals surface area contributed by atoms with Crippen molar-refractivity contribution in [2.24, 2.45) is 11.8 Å². The zero-order valence-electron chi connectivity index (χ0n) is 10.6. The van der Waals surface area contributed by atoms with Gasteiger partial charge in [0.15, 0.2) is 0 Å². The zero-order valence-corrected chi connectivity index (χ0v) is 11.4. The topological polar surface area (TPSA) is 66.5 Å². The normalized spacial score (nSPS) is 23.4. The quantitative estimate of drug-likeness (QED) is 0.748. The van der Waals surface area contributed by atoms with Crippen LogP contribution in [0.25, 0.3) is 0 Å². The van der Waals surface area contributed by atoms with Gasteiger partial charge in [0.2, 0.25) is 15.9 Å². The first-order chi connectivity index (χ1) is 8.11. The molecule has 0 radical (unpaired) electrons. The number of allylic oxidation sites excluding steroid dienone is 3. The molecule has 1 saturated carbocycles. The molecule has 1 fully saturated rings. The summed E-state index contributed by atoms with van der Waals surface area (Å²) in [4.78, 5) is 13.3. The summed E-state index contributed by atoms with van der Waals surface area (Å²) >= 11 is 0. The number of amides is 1. The van der Waals surface area contributed by atoms with Gasteiger partial charge in [0, 0.05) is 31.6 Å². The summed E-state index contributed by atoms with van der Waals surface area (Å²) in [6, 6.07) is 0. The minimum absolute atomic E-state index is 0.158. The van der Waals surface area contributed by atoms with Crippen LogP contribution in [0.3, 0.4) is 0 Å². The van der Waals surface area contributed by atoms with Crippen LogP contribution in [0.4, 0.5) is 4.39 Å². The van der Waals surface area contributed by atoms with Crippen LogP contribution in [0.1, 0.15) is 6.42 Å². The fourth-order valence-corrected chi connectivity index (χ4v) is 2.32. The summed E-state index contributed by atoms with van der Waals surface area (Å²) in [6.07, 6.45) is 2.70.